The molecule has 2 aromatic carbocycles. The van der Waals surface area contributed by atoms with Gasteiger partial charge >= 0.3 is 5.97 Å². The van der Waals surface area contributed by atoms with Crippen LogP contribution in [0.25, 0.3) is 0 Å². The Bertz CT molecular complexity index is 896. The van der Waals surface area contributed by atoms with Gasteiger partial charge in [0.25, 0.3) is 0 Å². The summed E-state index contributed by atoms with van der Waals surface area (Å²) in [5.41, 5.74) is 3.74. The number of benzene rings is 2. The van der Waals surface area contributed by atoms with E-state index in [0.717, 1.165) is 16.7 Å². The van der Waals surface area contributed by atoms with Crippen LogP contribution in [0.1, 0.15) is 43.2 Å². The molecule has 25 heavy (non-hydrogen) atoms. The first-order valence-electron chi connectivity index (χ1n) is 8.08. The van der Waals surface area contributed by atoms with Crippen LogP contribution in [0, 0.1) is 13.8 Å². The molecule has 1 N–H and O–H groups in total. The molecule has 126 valence electrons. The summed E-state index contributed by atoms with van der Waals surface area (Å²) in [6.45, 7) is 3.84. The van der Waals surface area contributed by atoms with Crippen LogP contribution in [0.15, 0.2) is 60.7 Å². The molecule has 0 aliphatic carbocycles. The summed E-state index contributed by atoms with van der Waals surface area (Å²) < 4.78 is 5.37. The van der Waals surface area contributed by atoms with E-state index >= 15 is 0 Å². The minimum atomic E-state index is -0.462. The number of hydrogen-bond donors (Lipinski definition) is 1. The average molecular weight is 333 g/mol. The van der Waals surface area contributed by atoms with Crippen molar-refractivity contribution < 1.29 is 14.3 Å². The normalized spacial score (nSPS) is 10.5. The molecule has 0 aliphatic heterocycles. The van der Waals surface area contributed by atoms with Crippen molar-refractivity contribution in [3.63, 3.8) is 0 Å². The number of carbonyl (C=O) groups is 2. The fourth-order valence-electron chi connectivity index (χ4n) is 2.65. The zero-order valence-electron chi connectivity index (χ0n) is 14.2. The molecule has 3 rings (SSSR count). The van der Waals surface area contributed by atoms with Gasteiger partial charge in [-0.25, -0.2) is 4.79 Å². The zero-order valence-corrected chi connectivity index (χ0v) is 14.2. The highest BCUT2D eigenvalue weighted by molar-refractivity contribution is 6.10. The molecule has 3 aromatic rings. The second-order valence-corrected chi connectivity index (χ2v) is 5.88. The first-order chi connectivity index (χ1) is 12.1. The van der Waals surface area contributed by atoms with Gasteiger partial charge in [-0.3, -0.25) is 4.79 Å². The second kappa shape index (κ2) is 7.18. The molecule has 0 fully saturated rings. The maximum Gasteiger partial charge on any atom is 0.355 e. The van der Waals surface area contributed by atoms with Gasteiger partial charge in [0.1, 0.15) is 12.3 Å². The number of nitrogens with one attached hydrogen (secondary N) is 1. The highest BCUT2D eigenvalue weighted by Crippen LogP contribution is 2.21. The van der Waals surface area contributed by atoms with Crippen LogP contribution in [0.2, 0.25) is 0 Å². The molecule has 0 unspecified atom stereocenters. The van der Waals surface area contributed by atoms with Crippen LogP contribution < -0.4 is 0 Å². The lowest BCUT2D eigenvalue weighted by Crippen LogP contribution is -2.08. The average Bonchev–Trinajstić information content (AvgIpc) is 2.96. The number of rotatable bonds is 5. The van der Waals surface area contributed by atoms with E-state index in [1.54, 1.807) is 12.1 Å². The molecule has 4 heteroatoms. The van der Waals surface area contributed by atoms with Crippen LogP contribution >= 0.6 is 0 Å². The standard InChI is InChI=1S/C21H19NO3/c1-14-15(2)19(21(24)25-13-16-9-5-3-6-10-16)22-18(14)20(23)17-11-7-4-8-12-17/h3-12,22H,13H2,1-2H3. The smallest absolute Gasteiger partial charge is 0.355 e. The SMILES string of the molecule is Cc1c(C(=O)OCc2ccccc2)[nH]c(C(=O)c2ccccc2)c1C. The number of ketones is 1. The van der Waals surface area contributed by atoms with Gasteiger partial charge in [0.2, 0.25) is 5.78 Å². The van der Waals surface area contributed by atoms with Crippen LogP contribution in [0.4, 0.5) is 0 Å². The molecule has 0 aliphatic rings. The van der Waals surface area contributed by atoms with E-state index in [0.29, 0.717) is 17.0 Å². The van der Waals surface area contributed by atoms with Crippen LogP contribution in [-0.4, -0.2) is 16.7 Å². The Balaban J connectivity index is 1.81. The summed E-state index contributed by atoms with van der Waals surface area (Å²) in [6.07, 6.45) is 0. The molecule has 0 bridgehead atoms. The van der Waals surface area contributed by atoms with Crippen molar-refractivity contribution in [2.24, 2.45) is 0 Å². The van der Waals surface area contributed by atoms with Crippen molar-refractivity contribution in [2.45, 2.75) is 20.5 Å². The maximum absolute atomic E-state index is 12.7. The van der Waals surface area contributed by atoms with Crippen molar-refractivity contribution in [1.82, 2.24) is 4.98 Å². The number of aromatic amines is 1. The lowest BCUT2D eigenvalue weighted by atomic mass is 10.0. The number of aromatic nitrogens is 1. The van der Waals surface area contributed by atoms with E-state index in [-0.39, 0.29) is 12.4 Å². The quantitative estimate of drug-likeness (QED) is 0.562. The monoisotopic (exact) mass is 333 g/mol. The first-order valence-corrected chi connectivity index (χ1v) is 8.08. The summed E-state index contributed by atoms with van der Waals surface area (Å²) in [7, 11) is 0. The van der Waals surface area contributed by atoms with Gasteiger partial charge in [0, 0.05) is 5.56 Å². The Morgan fingerprint density at radius 1 is 0.840 bits per heavy atom. The minimum Gasteiger partial charge on any atom is -0.456 e. The molecular formula is C21H19NO3. The topological polar surface area (TPSA) is 59.2 Å². The van der Waals surface area contributed by atoms with Gasteiger partial charge in [0.15, 0.2) is 0 Å². The molecule has 4 nitrogen and oxygen atoms in total. The third-order valence-electron chi connectivity index (χ3n) is 4.24. The van der Waals surface area contributed by atoms with Crippen molar-refractivity contribution in [3.8, 4) is 0 Å². The van der Waals surface area contributed by atoms with Crippen molar-refractivity contribution in [1.29, 1.82) is 0 Å². The molecule has 1 aromatic heterocycles. The lowest BCUT2D eigenvalue weighted by molar-refractivity contribution is 0.0465. The first kappa shape index (κ1) is 16.7. The summed E-state index contributed by atoms with van der Waals surface area (Å²) in [5.74, 6) is -0.597. The summed E-state index contributed by atoms with van der Waals surface area (Å²) in [4.78, 5) is 28.0. The molecular weight excluding hydrogens is 314 g/mol. The highest BCUT2D eigenvalue weighted by Gasteiger charge is 2.22. The number of hydrogen-bond acceptors (Lipinski definition) is 3. The van der Waals surface area contributed by atoms with E-state index in [1.165, 1.54) is 0 Å². The fraction of sp³-hybridized carbons (Fsp3) is 0.143. The van der Waals surface area contributed by atoms with E-state index in [1.807, 2.05) is 62.4 Å². The summed E-state index contributed by atoms with van der Waals surface area (Å²) >= 11 is 0. The van der Waals surface area contributed by atoms with Gasteiger partial charge in [-0.05, 0) is 30.5 Å². The number of carbonyl (C=O) groups excluding carboxylic acids is 2. The molecule has 0 spiro atoms. The van der Waals surface area contributed by atoms with Crippen LogP contribution in [-0.2, 0) is 11.3 Å². The second-order valence-electron chi connectivity index (χ2n) is 5.88. The van der Waals surface area contributed by atoms with Crippen LogP contribution in [0.5, 0.6) is 0 Å². The largest absolute Gasteiger partial charge is 0.456 e. The predicted molar refractivity (Wildman–Crippen MR) is 95.7 cm³/mol. The van der Waals surface area contributed by atoms with Crippen molar-refractivity contribution >= 4 is 11.8 Å². The predicted octanol–water partition coefficient (Wildman–Crippen LogP) is 4.22. The molecule has 1 heterocycles. The van der Waals surface area contributed by atoms with Gasteiger partial charge < -0.3 is 9.72 Å². The molecule has 0 saturated heterocycles. The number of esters is 1. The lowest BCUT2D eigenvalue weighted by Gasteiger charge is -2.04. The zero-order chi connectivity index (χ0) is 17.8. The maximum atomic E-state index is 12.7. The Labute approximate surface area is 146 Å². The Hall–Kier alpha value is -3.14. The summed E-state index contributed by atoms with van der Waals surface area (Å²) in [6, 6.07) is 18.5. The Morgan fingerprint density at radius 3 is 2.04 bits per heavy atom. The molecule has 0 atom stereocenters. The summed E-state index contributed by atoms with van der Waals surface area (Å²) in [5, 5.41) is 0. The molecule has 0 amide bonds. The molecule has 0 saturated carbocycles. The van der Waals surface area contributed by atoms with Crippen molar-refractivity contribution in [2.75, 3.05) is 0 Å². The highest BCUT2D eigenvalue weighted by atomic mass is 16.5. The van der Waals surface area contributed by atoms with E-state index in [4.69, 9.17) is 4.74 Å². The van der Waals surface area contributed by atoms with Gasteiger partial charge in [-0.15, -0.1) is 0 Å². The third-order valence-corrected chi connectivity index (χ3v) is 4.24. The van der Waals surface area contributed by atoms with Gasteiger partial charge in [-0.2, -0.15) is 0 Å². The van der Waals surface area contributed by atoms with Crippen LogP contribution in [0.3, 0.4) is 0 Å². The van der Waals surface area contributed by atoms with Crippen molar-refractivity contribution in [3.05, 3.63) is 94.3 Å². The Morgan fingerprint density at radius 2 is 1.40 bits per heavy atom. The van der Waals surface area contributed by atoms with E-state index in [9.17, 15) is 9.59 Å². The van der Waals surface area contributed by atoms with Gasteiger partial charge in [0.05, 0.1) is 5.69 Å². The third kappa shape index (κ3) is 3.53. The number of ether oxygens (including phenoxy) is 1. The minimum absolute atomic E-state index is 0.136. The van der Waals surface area contributed by atoms with E-state index in [2.05, 4.69) is 4.98 Å². The fourth-order valence-corrected chi connectivity index (χ4v) is 2.65. The van der Waals surface area contributed by atoms with Gasteiger partial charge in [-0.1, -0.05) is 60.7 Å². The van der Waals surface area contributed by atoms with E-state index < -0.39 is 5.97 Å². The number of H-pyrrole nitrogens is 1. The Kier molecular flexibility index (Phi) is 4.80. The molecule has 0 radical (unpaired) electrons.